The highest BCUT2D eigenvalue weighted by Crippen LogP contribution is 2.16. The molecule has 0 bridgehead atoms. The van der Waals surface area contributed by atoms with Crippen LogP contribution in [0.5, 0.6) is 0 Å². The Morgan fingerprint density at radius 2 is 2.06 bits per heavy atom. The van der Waals surface area contributed by atoms with E-state index in [-0.39, 0.29) is 5.91 Å². The number of piperidine rings is 1. The number of amides is 1. The SMILES string of the molecule is CCNCCCN1CCC(CNC(C)=O)CC1. The number of likely N-dealkylation sites (tertiary alicyclic amines) is 1. The number of nitrogens with one attached hydrogen (secondary N) is 2. The summed E-state index contributed by atoms with van der Waals surface area (Å²) in [5.41, 5.74) is 0. The van der Waals surface area contributed by atoms with Crippen LogP contribution < -0.4 is 10.6 Å². The maximum Gasteiger partial charge on any atom is 0.216 e. The highest BCUT2D eigenvalue weighted by molar-refractivity contribution is 5.72. The Hall–Kier alpha value is -0.610. The molecule has 17 heavy (non-hydrogen) atoms. The molecule has 0 spiro atoms. The molecule has 0 saturated carbocycles. The predicted octanol–water partition coefficient (Wildman–Crippen LogP) is 0.834. The Labute approximate surface area is 105 Å². The van der Waals surface area contributed by atoms with Crippen molar-refractivity contribution in [2.45, 2.75) is 33.1 Å². The van der Waals surface area contributed by atoms with Crippen molar-refractivity contribution >= 4 is 5.91 Å². The molecule has 1 aliphatic rings. The summed E-state index contributed by atoms with van der Waals surface area (Å²) >= 11 is 0. The molecule has 0 unspecified atom stereocenters. The lowest BCUT2D eigenvalue weighted by molar-refractivity contribution is -0.119. The molecular formula is C13H27N3O. The third-order valence-electron chi connectivity index (χ3n) is 3.42. The van der Waals surface area contributed by atoms with Crippen molar-refractivity contribution in [2.24, 2.45) is 5.92 Å². The van der Waals surface area contributed by atoms with E-state index in [1.165, 1.54) is 38.9 Å². The Kier molecular flexibility index (Phi) is 7.21. The van der Waals surface area contributed by atoms with Crippen LogP contribution in [0.15, 0.2) is 0 Å². The van der Waals surface area contributed by atoms with Crippen molar-refractivity contribution in [3.8, 4) is 0 Å². The standard InChI is InChI=1S/C13H27N3O/c1-3-14-7-4-8-16-9-5-13(6-10-16)11-15-12(2)17/h13-14H,3-11H2,1-2H3,(H,15,17). The molecule has 0 aromatic rings. The van der Waals surface area contributed by atoms with Gasteiger partial charge in [0.05, 0.1) is 0 Å². The normalized spacial score (nSPS) is 18.2. The molecule has 1 rings (SSSR count). The molecule has 0 atom stereocenters. The van der Waals surface area contributed by atoms with Gasteiger partial charge < -0.3 is 15.5 Å². The van der Waals surface area contributed by atoms with Crippen molar-refractivity contribution in [2.75, 3.05) is 39.3 Å². The summed E-state index contributed by atoms with van der Waals surface area (Å²) in [5.74, 6) is 0.780. The smallest absolute Gasteiger partial charge is 0.216 e. The summed E-state index contributed by atoms with van der Waals surface area (Å²) in [7, 11) is 0. The Bertz CT molecular complexity index is 213. The van der Waals surface area contributed by atoms with Crippen molar-refractivity contribution in [1.29, 1.82) is 0 Å². The minimum Gasteiger partial charge on any atom is -0.356 e. The lowest BCUT2D eigenvalue weighted by Gasteiger charge is -2.31. The van der Waals surface area contributed by atoms with Gasteiger partial charge in [0.25, 0.3) is 0 Å². The molecular weight excluding hydrogens is 214 g/mol. The summed E-state index contributed by atoms with van der Waals surface area (Å²) < 4.78 is 0. The first kappa shape index (κ1) is 14.5. The zero-order chi connectivity index (χ0) is 12.5. The maximum absolute atomic E-state index is 10.8. The third-order valence-corrected chi connectivity index (χ3v) is 3.42. The summed E-state index contributed by atoms with van der Waals surface area (Å²) in [6.45, 7) is 10.4. The second-order valence-electron chi connectivity index (χ2n) is 4.93. The van der Waals surface area contributed by atoms with E-state index in [1.54, 1.807) is 6.92 Å². The lowest BCUT2D eigenvalue weighted by Crippen LogP contribution is -2.39. The number of hydrogen-bond donors (Lipinski definition) is 2. The van der Waals surface area contributed by atoms with Gasteiger partial charge in [-0.25, -0.2) is 0 Å². The topological polar surface area (TPSA) is 44.4 Å². The van der Waals surface area contributed by atoms with E-state index in [4.69, 9.17) is 0 Å². The minimum absolute atomic E-state index is 0.0954. The van der Waals surface area contributed by atoms with Crippen LogP contribution >= 0.6 is 0 Å². The Morgan fingerprint density at radius 3 is 2.65 bits per heavy atom. The molecule has 100 valence electrons. The molecule has 4 heteroatoms. The first-order valence-electron chi connectivity index (χ1n) is 6.90. The molecule has 0 aromatic heterocycles. The van der Waals surface area contributed by atoms with Crippen molar-refractivity contribution in [1.82, 2.24) is 15.5 Å². The Balaban J connectivity index is 2.03. The maximum atomic E-state index is 10.8. The van der Waals surface area contributed by atoms with E-state index >= 15 is 0 Å². The fraction of sp³-hybridized carbons (Fsp3) is 0.923. The van der Waals surface area contributed by atoms with E-state index in [9.17, 15) is 4.79 Å². The molecule has 1 saturated heterocycles. The van der Waals surface area contributed by atoms with Crippen LogP contribution in [-0.2, 0) is 4.79 Å². The summed E-state index contributed by atoms with van der Waals surface area (Å²) in [6, 6.07) is 0. The fourth-order valence-corrected chi connectivity index (χ4v) is 2.31. The van der Waals surface area contributed by atoms with Crippen LogP contribution in [0.4, 0.5) is 0 Å². The fourth-order valence-electron chi connectivity index (χ4n) is 2.31. The van der Waals surface area contributed by atoms with Gasteiger partial charge in [0.1, 0.15) is 0 Å². The van der Waals surface area contributed by atoms with Gasteiger partial charge in [0, 0.05) is 13.5 Å². The molecule has 1 heterocycles. The van der Waals surface area contributed by atoms with Gasteiger partial charge in [-0.3, -0.25) is 4.79 Å². The summed E-state index contributed by atoms with van der Waals surface area (Å²) in [6.07, 6.45) is 3.69. The molecule has 2 N–H and O–H groups in total. The second-order valence-corrected chi connectivity index (χ2v) is 4.93. The molecule has 0 aliphatic carbocycles. The van der Waals surface area contributed by atoms with Gasteiger partial charge in [-0.05, 0) is 57.9 Å². The highest BCUT2D eigenvalue weighted by Gasteiger charge is 2.18. The monoisotopic (exact) mass is 241 g/mol. The van der Waals surface area contributed by atoms with Crippen molar-refractivity contribution in [3.05, 3.63) is 0 Å². The predicted molar refractivity (Wildman–Crippen MR) is 71.0 cm³/mol. The largest absolute Gasteiger partial charge is 0.356 e. The molecule has 1 fully saturated rings. The lowest BCUT2D eigenvalue weighted by atomic mass is 9.96. The van der Waals surface area contributed by atoms with Gasteiger partial charge in [-0.2, -0.15) is 0 Å². The van der Waals surface area contributed by atoms with Crippen molar-refractivity contribution in [3.63, 3.8) is 0 Å². The van der Waals surface area contributed by atoms with Crippen LogP contribution in [0, 0.1) is 5.92 Å². The van der Waals surface area contributed by atoms with Gasteiger partial charge >= 0.3 is 0 Å². The van der Waals surface area contributed by atoms with E-state index in [1.807, 2.05) is 0 Å². The minimum atomic E-state index is 0.0954. The average molecular weight is 241 g/mol. The molecule has 0 radical (unpaired) electrons. The Morgan fingerprint density at radius 1 is 1.35 bits per heavy atom. The van der Waals surface area contributed by atoms with Crippen molar-refractivity contribution < 1.29 is 4.79 Å². The molecule has 4 nitrogen and oxygen atoms in total. The average Bonchev–Trinajstić information content (AvgIpc) is 2.33. The zero-order valence-corrected chi connectivity index (χ0v) is 11.3. The van der Waals surface area contributed by atoms with Gasteiger partial charge in [0.2, 0.25) is 5.91 Å². The highest BCUT2D eigenvalue weighted by atomic mass is 16.1. The quantitative estimate of drug-likeness (QED) is 0.649. The van der Waals surface area contributed by atoms with Crippen LogP contribution in [-0.4, -0.2) is 50.1 Å². The van der Waals surface area contributed by atoms with Gasteiger partial charge in [-0.15, -0.1) is 0 Å². The van der Waals surface area contributed by atoms with Crippen LogP contribution in [0.3, 0.4) is 0 Å². The molecule has 1 aliphatic heterocycles. The number of carbonyl (C=O) groups is 1. The summed E-state index contributed by atoms with van der Waals surface area (Å²) in [5, 5.41) is 6.28. The number of carbonyl (C=O) groups excluding carboxylic acids is 1. The van der Waals surface area contributed by atoms with Crippen LogP contribution in [0.25, 0.3) is 0 Å². The first-order valence-corrected chi connectivity index (χ1v) is 6.90. The van der Waals surface area contributed by atoms with E-state index in [0.717, 1.165) is 19.6 Å². The number of hydrogen-bond acceptors (Lipinski definition) is 3. The number of nitrogens with zero attached hydrogens (tertiary/aromatic N) is 1. The zero-order valence-electron chi connectivity index (χ0n) is 11.3. The van der Waals surface area contributed by atoms with E-state index < -0.39 is 0 Å². The third kappa shape index (κ3) is 6.64. The number of rotatable bonds is 7. The molecule has 0 aromatic carbocycles. The first-order chi connectivity index (χ1) is 8.22. The van der Waals surface area contributed by atoms with Gasteiger partial charge in [-0.1, -0.05) is 6.92 Å². The summed E-state index contributed by atoms with van der Waals surface area (Å²) in [4.78, 5) is 13.4. The van der Waals surface area contributed by atoms with E-state index in [2.05, 4.69) is 22.5 Å². The second kappa shape index (κ2) is 8.48. The van der Waals surface area contributed by atoms with Crippen LogP contribution in [0.2, 0.25) is 0 Å². The molecule has 1 amide bonds. The van der Waals surface area contributed by atoms with Gasteiger partial charge in [0.15, 0.2) is 0 Å². The van der Waals surface area contributed by atoms with E-state index in [0.29, 0.717) is 5.92 Å². The van der Waals surface area contributed by atoms with Crippen LogP contribution in [0.1, 0.15) is 33.1 Å².